The zero-order chi connectivity index (χ0) is 94.5. The van der Waals surface area contributed by atoms with Gasteiger partial charge in [-0.2, -0.15) is 0 Å². The van der Waals surface area contributed by atoms with Gasteiger partial charge in [0.05, 0.1) is 18.6 Å². The number of para-hydroxylation sites is 2. The minimum atomic E-state index is -1.93. The number of carboxylic acid groups (broad SMARTS) is 2. The number of aromatic amines is 2. The summed E-state index contributed by atoms with van der Waals surface area (Å²) in [5.74, 6) is -16.3. The number of nitrogens with one attached hydrogen (secondary N) is 14. The number of nitrogens with two attached hydrogens (primary N) is 2. The molecular weight excluding hydrogens is 1650 g/mol. The predicted octanol–water partition coefficient (Wildman–Crippen LogP) is 2.40. The van der Waals surface area contributed by atoms with Crippen LogP contribution in [0.4, 0.5) is 0 Å². The fourth-order valence-electron chi connectivity index (χ4n) is 15.2. The van der Waals surface area contributed by atoms with Gasteiger partial charge in [0.1, 0.15) is 90.0 Å². The molecule has 15 atom stereocenters. The summed E-state index contributed by atoms with van der Waals surface area (Å²) < 4.78 is 0. The van der Waals surface area contributed by atoms with Crippen LogP contribution in [0.25, 0.3) is 21.8 Å². The molecule has 0 spiro atoms. The van der Waals surface area contributed by atoms with Gasteiger partial charge in [-0.3, -0.25) is 67.1 Å². The Labute approximate surface area is 744 Å². The van der Waals surface area contributed by atoms with Crippen molar-refractivity contribution >= 4 is 111 Å². The quantitative estimate of drug-likeness (QED) is 0.0244. The van der Waals surface area contributed by atoms with E-state index >= 15 is 19.2 Å². The number of aliphatic hydroxyl groups excluding tert-OH is 1. The minimum Gasteiger partial charge on any atom is -0.508 e. The molecule has 1 aliphatic rings. The first-order valence-electron chi connectivity index (χ1n) is 43.7. The largest absolute Gasteiger partial charge is 0.508 e. The molecule has 1 aliphatic heterocycles. The number of carbonyl (C=O) groups excluding carboxylic acids is 13. The van der Waals surface area contributed by atoms with Crippen molar-refractivity contribution in [2.75, 3.05) is 13.1 Å². The molecule has 13 amide bonds. The van der Waals surface area contributed by atoms with Crippen LogP contribution in [0.15, 0.2) is 109 Å². The van der Waals surface area contributed by atoms with Gasteiger partial charge in [-0.25, -0.2) is 4.79 Å². The van der Waals surface area contributed by atoms with E-state index in [1.54, 1.807) is 90.3 Å². The molecule has 1 saturated heterocycles. The van der Waals surface area contributed by atoms with E-state index in [1.807, 2.05) is 39.8 Å². The summed E-state index contributed by atoms with van der Waals surface area (Å²) >= 11 is 0. The second-order valence-corrected chi connectivity index (χ2v) is 35.2. The van der Waals surface area contributed by atoms with Crippen LogP contribution < -0.4 is 75.3 Å². The summed E-state index contributed by atoms with van der Waals surface area (Å²) in [6, 6.07) is 5.22. The second kappa shape index (κ2) is 49.0. The SMILES string of the molecule is CC(C)C[C@H](NC(=O)[C@H](Cc1c[nH]c2ccccc12)NC(=O)[C@H](CC(C)C)NC(=O)[C@H](CCCCN)NC(=O)[C@@H](NC(=O)[C@H](CC(C)C)NC(=O)[C@@H]1CCCN1C(=O)[C@H](CC(=O)O)NC(=O)[C@H](Cc1ccc(O)cc1)NC(=O)[C@H](Cc1c[nH]c2ccccc12)NC(=O)[C@H](Cc1ccc(O)cc1)NC(=O)[C@H](C)N)[C@@H](C)O)C(=O)N[C@@H](CC(C)C)C(=O)N[C@H](C(=O)O)C(C)C. The van der Waals surface area contributed by atoms with Crippen LogP contribution in [0.5, 0.6) is 11.5 Å². The summed E-state index contributed by atoms with van der Waals surface area (Å²) in [4.78, 5) is 222. The van der Waals surface area contributed by atoms with E-state index in [2.05, 4.69) is 73.8 Å². The van der Waals surface area contributed by atoms with Gasteiger partial charge in [-0.1, -0.05) is 130 Å². The third-order valence-corrected chi connectivity index (χ3v) is 22.0. The van der Waals surface area contributed by atoms with Crippen molar-refractivity contribution in [3.63, 3.8) is 0 Å². The van der Waals surface area contributed by atoms with Crippen LogP contribution >= 0.6 is 0 Å². The van der Waals surface area contributed by atoms with E-state index in [0.29, 0.717) is 50.5 Å². The van der Waals surface area contributed by atoms with Gasteiger partial charge in [0.15, 0.2) is 0 Å². The maximum Gasteiger partial charge on any atom is 0.326 e. The van der Waals surface area contributed by atoms with E-state index in [9.17, 15) is 78.3 Å². The van der Waals surface area contributed by atoms with E-state index in [1.165, 1.54) is 62.4 Å². The molecule has 1 fully saturated rings. The van der Waals surface area contributed by atoms with Crippen LogP contribution in [0, 0.1) is 29.6 Å². The number of likely N-dealkylation sites (tertiary alicyclic amines) is 1. The van der Waals surface area contributed by atoms with Crippen LogP contribution in [-0.4, -0.2) is 233 Å². The molecule has 0 aliphatic carbocycles. The Bertz CT molecular complexity index is 4820. The normalized spacial score (nSPS) is 16.0. The molecule has 3 heterocycles. The molecule has 0 unspecified atom stereocenters. The standard InChI is InChI=1S/C91H129N17O20/c1-47(2)36-65(81(117)102-71(42-56-45-94-62-22-15-13-20-60(56)62)84(120)99-66(37-48(3)4)80(116)100-67(38-49(5)6)86(122)106-76(51(9)10)91(127)128)98-79(115)64(24-17-18-34-92)96-89(125)77(53(12)109)107-87(123)68(39-50(7)8)104-88(124)74-25-19-35-108(74)90(126)73(44-75(112)113)105-83(119)70(41-55-28-32-59(111)33-29-55)101-85(121)72(43-57-46-95-63-23-16-14-21-61(57)63)103-82(118)69(97-78(114)52(11)93)40-54-26-30-58(110)31-27-54/h13-16,20-23,26-33,45-53,64-74,76-77,94-95,109-111H,17-19,24-25,34-44,92-93H2,1-12H3,(H,96,125)(H,97,114)(H,98,115)(H,99,120)(H,100,116)(H,101,121)(H,102,117)(H,103,118)(H,104,124)(H,105,119)(H,106,122)(H,107,123)(H,112,113)(H,127,128)/t52-,53+,64-,65-,66-,67-,68-,69-,70-,71-,72-,73-,74-,76-,77-/m0/s1. The number of phenolic OH excluding ortho intramolecular Hbond substituents is 2. The third kappa shape index (κ3) is 31.2. The molecule has 4 aromatic carbocycles. The number of aromatic hydroxyl groups is 2. The van der Waals surface area contributed by atoms with Crippen molar-refractivity contribution in [3.8, 4) is 11.5 Å². The van der Waals surface area contributed by atoms with E-state index in [0.717, 1.165) is 4.90 Å². The molecule has 128 heavy (non-hydrogen) atoms. The van der Waals surface area contributed by atoms with E-state index in [4.69, 9.17) is 11.5 Å². The summed E-state index contributed by atoms with van der Waals surface area (Å²) in [6.45, 7) is 20.1. The van der Waals surface area contributed by atoms with Gasteiger partial charge in [0.2, 0.25) is 76.8 Å². The number of hydrogen-bond acceptors (Lipinski definition) is 20. The van der Waals surface area contributed by atoms with Gasteiger partial charge in [0.25, 0.3) is 0 Å². The highest BCUT2D eigenvalue weighted by atomic mass is 16.4. The molecule has 23 N–H and O–H groups in total. The van der Waals surface area contributed by atoms with Crippen molar-refractivity contribution in [3.05, 3.63) is 132 Å². The number of carbonyl (C=O) groups is 15. The monoisotopic (exact) mass is 1780 g/mol. The fraction of sp³-hybridized carbons (Fsp3) is 0.527. The van der Waals surface area contributed by atoms with Crippen LogP contribution in [0.3, 0.4) is 0 Å². The molecule has 2 aromatic heterocycles. The van der Waals surface area contributed by atoms with Gasteiger partial charge < -0.3 is 116 Å². The highest BCUT2D eigenvalue weighted by Crippen LogP contribution is 2.26. The Hall–Kier alpha value is -12.5. The van der Waals surface area contributed by atoms with E-state index < -0.39 is 192 Å². The molecule has 0 bridgehead atoms. The Balaban J connectivity index is 1.10. The number of aromatic nitrogens is 2. The van der Waals surface area contributed by atoms with Crippen LogP contribution in [0.1, 0.15) is 170 Å². The number of phenols is 2. The first kappa shape index (κ1) is 103. The Kier molecular flexibility index (Phi) is 39.3. The maximum absolute atomic E-state index is 15.1. The highest BCUT2D eigenvalue weighted by Gasteiger charge is 2.43. The average molecular weight is 1780 g/mol. The van der Waals surface area contributed by atoms with Crippen molar-refractivity contribution < 1.29 is 97.5 Å². The predicted molar refractivity (Wildman–Crippen MR) is 476 cm³/mol. The lowest BCUT2D eigenvalue weighted by atomic mass is 9.98. The molecule has 7 rings (SSSR count). The van der Waals surface area contributed by atoms with Gasteiger partial charge in [-0.15, -0.1) is 0 Å². The zero-order valence-corrected chi connectivity index (χ0v) is 74.7. The minimum absolute atomic E-state index is 0.0278. The molecule has 0 radical (unpaired) electrons. The summed E-state index contributed by atoms with van der Waals surface area (Å²) in [5, 5.41) is 85.4. The number of carboxylic acids is 2. The Morgan fingerprint density at radius 1 is 0.414 bits per heavy atom. The second-order valence-electron chi connectivity index (χ2n) is 35.2. The molecular formula is C91H129N17O20. The number of H-pyrrole nitrogens is 2. The number of nitrogens with zero attached hydrogens (tertiary/aromatic N) is 1. The van der Waals surface area contributed by atoms with Crippen molar-refractivity contribution in [2.45, 2.75) is 264 Å². The molecule has 6 aromatic rings. The first-order chi connectivity index (χ1) is 60.5. The number of rotatable bonds is 50. The highest BCUT2D eigenvalue weighted by molar-refractivity contribution is 6.02. The number of amides is 13. The summed E-state index contributed by atoms with van der Waals surface area (Å²) in [5.41, 5.74) is 15.2. The van der Waals surface area contributed by atoms with Crippen molar-refractivity contribution in [2.24, 2.45) is 41.1 Å². The van der Waals surface area contributed by atoms with Gasteiger partial charge in [0, 0.05) is 66.4 Å². The summed E-state index contributed by atoms with van der Waals surface area (Å²) in [6.07, 6.45) is 0.318. The van der Waals surface area contributed by atoms with Gasteiger partial charge in [-0.05, 0) is 166 Å². The smallest absolute Gasteiger partial charge is 0.326 e. The molecule has 37 nitrogen and oxygen atoms in total. The number of aliphatic carboxylic acids is 2. The lowest BCUT2D eigenvalue weighted by Gasteiger charge is -2.31. The number of aliphatic hydroxyl groups is 1. The number of benzene rings is 4. The molecule has 37 heteroatoms. The van der Waals surface area contributed by atoms with Crippen molar-refractivity contribution in [1.82, 2.24) is 78.7 Å². The number of unbranched alkanes of at least 4 members (excludes halogenated alkanes) is 1. The first-order valence-corrected chi connectivity index (χ1v) is 43.7. The zero-order valence-electron chi connectivity index (χ0n) is 74.7. The maximum atomic E-state index is 15.1. The number of fused-ring (bicyclic) bond motifs is 2. The van der Waals surface area contributed by atoms with Gasteiger partial charge >= 0.3 is 11.9 Å². The van der Waals surface area contributed by atoms with Crippen LogP contribution in [0.2, 0.25) is 0 Å². The lowest BCUT2D eigenvalue weighted by Crippen LogP contribution is -2.62. The molecule has 698 valence electrons. The number of hydrogen-bond donors (Lipinski definition) is 21. The fourth-order valence-corrected chi connectivity index (χ4v) is 15.2. The Morgan fingerprint density at radius 2 is 0.766 bits per heavy atom. The van der Waals surface area contributed by atoms with Crippen molar-refractivity contribution in [1.29, 1.82) is 0 Å². The van der Waals surface area contributed by atoms with E-state index in [-0.39, 0.29) is 125 Å². The topological polar surface area (TPSA) is 588 Å². The van der Waals surface area contributed by atoms with Crippen LogP contribution in [-0.2, 0) is 97.6 Å². The molecule has 0 saturated carbocycles. The third-order valence-electron chi connectivity index (χ3n) is 22.0. The Morgan fingerprint density at radius 3 is 1.15 bits per heavy atom. The lowest BCUT2D eigenvalue weighted by molar-refractivity contribution is -0.146. The summed E-state index contributed by atoms with van der Waals surface area (Å²) in [7, 11) is 0. The average Bonchev–Trinajstić information content (AvgIpc) is 1.21.